The molecule has 0 radical (unpaired) electrons. The standard InChI is InChI=1S/C13H22N2O3/c1-12(2,3)10-6-9(15-18-10)11(17)14-7-13(4,5)8-16/h6,16H,7-8H2,1-5H3,(H,14,17). The molecule has 1 amide bonds. The van der Waals surface area contributed by atoms with Gasteiger partial charge in [-0.1, -0.05) is 39.8 Å². The molecule has 0 fully saturated rings. The molecule has 0 saturated heterocycles. The van der Waals surface area contributed by atoms with Gasteiger partial charge in [0.15, 0.2) is 5.69 Å². The summed E-state index contributed by atoms with van der Waals surface area (Å²) in [6.07, 6.45) is 0. The SMILES string of the molecule is CC(C)(CO)CNC(=O)c1cc(C(C)(C)C)on1. The van der Waals surface area contributed by atoms with Crippen molar-refractivity contribution < 1.29 is 14.4 Å². The first-order valence-electron chi connectivity index (χ1n) is 6.02. The van der Waals surface area contributed by atoms with Crippen LogP contribution in [0.5, 0.6) is 0 Å². The van der Waals surface area contributed by atoms with E-state index in [9.17, 15) is 4.79 Å². The highest BCUT2D eigenvalue weighted by molar-refractivity contribution is 5.92. The number of aliphatic hydroxyl groups is 1. The molecule has 1 aromatic rings. The van der Waals surface area contributed by atoms with Crippen LogP contribution in [0, 0.1) is 5.41 Å². The van der Waals surface area contributed by atoms with Crippen LogP contribution in [0.25, 0.3) is 0 Å². The number of nitrogens with one attached hydrogen (secondary N) is 1. The summed E-state index contributed by atoms with van der Waals surface area (Å²) in [5, 5.41) is 15.6. The van der Waals surface area contributed by atoms with E-state index in [1.165, 1.54) is 0 Å². The number of aliphatic hydroxyl groups excluding tert-OH is 1. The lowest BCUT2D eigenvalue weighted by atomic mass is 9.93. The number of carbonyl (C=O) groups is 1. The summed E-state index contributed by atoms with van der Waals surface area (Å²) in [6.45, 7) is 10.1. The highest BCUT2D eigenvalue weighted by Gasteiger charge is 2.23. The normalized spacial score (nSPS) is 12.6. The van der Waals surface area contributed by atoms with Gasteiger partial charge in [0.25, 0.3) is 5.91 Å². The molecule has 0 atom stereocenters. The zero-order valence-corrected chi connectivity index (χ0v) is 11.7. The third kappa shape index (κ3) is 3.84. The summed E-state index contributed by atoms with van der Waals surface area (Å²) in [6, 6.07) is 1.65. The van der Waals surface area contributed by atoms with Gasteiger partial charge < -0.3 is 14.9 Å². The third-order valence-electron chi connectivity index (χ3n) is 2.64. The lowest BCUT2D eigenvalue weighted by Crippen LogP contribution is -2.36. The second kappa shape index (κ2) is 5.10. The average molecular weight is 254 g/mol. The van der Waals surface area contributed by atoms with Crippen LogP contribution in [0.4, 0.5) is 0 Å². The van der Waals surface area contributed by atoms with E-state index in [0.717, 1.165) is 0 Å². The number of hydrogen-bond acceptors (Lipinski definition) is 4. The molecule has 2 N–H and O–H groups in total. The van der Waals surface area contributed by atoms with E-state index in [0.29, 0.717) is 12.3 Å². The zero-order chi connectivity index (χ0) is 14.0. The molecule has 5 nitrogen and oxygen atoms in total. The van der Waals surface area contributed by atoms with Crippen molar-refractivity contribution >= 4 is 5.91 Å². The first-order valence-corrected chi connectivity index (χ1v) is 6.02. The summed E-state index contributed by atoms with van der Waals surface area (Å²) < 4.78 is 5.15. The summed E-state index contributed by atoms with van der Waals surface area (Å²) in [5.74, 6) is 0.393. The number of nitrogens with zero attached hydrogens (tertiary/aromatic N) is 1. The van der Waals surface area contributed by atoms with E-state index < -0.39 is 0 Å². The van der Waals surface area contributed by atoms with Crippen molar-refractivity contribution in [1.82, 2.24) is 10.5 Å². The summed E-state index contributed by atoms with van der Waals surface area (Å²) >= 11 is 0. The number of amides is 1. The Morgan fingerprint density at radius 1 is 1.39 bits per heavy atom. The molecular formula is C13H22N2O3. The van der Waals surface area contributed by atoms with Gasteiger partial charge in [-0.25, -0.2) is 0 Å². The van der Waals surface area contributed by atoms with Crippen molar-refractivity contribution in [2.24, 2.45) is 5.41 Å². The van der Waals surface area contributed by atoms with Crippen LogP contribution < -0.4 is 5.32 Å². The molecule has 0 aliphatic carbocycles. The van der Waals surface area contributed by atoms with Gasteiger partial charge in [0.05, 0.1) is 0 Å². The smallest absolute Gasteiger partial charge is 0.273 e. The summed E-state index contributed by atoms with van der Waals surface area (Å²) in [5.41, 5.74) is -0.240. The van der Waals surface area contributed by atoms with Gasteiger partial charge >= 0.3 is 0 Å². The molecule has 0 bridgehead atoms. The minimum atomic E-state index is -0.341. The fourth-order valence-corrected chi connectivity index (χ4v) is 1.20. The van der Waals surface area contributed by atoms with Crippen LogP contribution in [0.2, 0.25) is 0 Å². The molecule has 0 unspecified atom stereocenters. The zero-order valence-electron chi connectivity index (χ0n) is 11.7. The predicted octanol–water partition coefficient (Wildman–Crippen LogP) is 1.72. The van der Waals surface area contributed by atoms with Gasteiger partial charge in [-0.05, 0) is 0 Å². The van der Waals surface area contributed by atoms with Crippen LogP contribution in [-0.2, 0) is 5.41 Å². The number of aromatic nitrogens is 1. The predicted molar refractivity (Wildman–Crippen MR) is 68.4 cm³/mol. The van der Waals surface area contributed by atoms with Crippen LogP contribution in [0.1, 0.15) is 50.9 Å². The molecule has 1 rings (SSSR count). The van der Waals surface area contributed by atoms with Gasteiger partial charge in [-0.15, -0.1) is 0 Å². The molecule has 0 aliphatic heterocycles. The number of rotatable bonds is 4. The van der Waals surface area contributed by atoms with Crippen molar-refractivity contribution in [3.8, 4) is 0 Å². The van der Waals surface area contributed by atoms with Gasteiger partial charge in [-0.3, -0.25) is 4.79 Å². The van der Waals surface area contributed by atoms with E-state index >= 15 is 0 Å². The largest absolute Gasteiger partial charge is 0.396 e. The first kappa shape index (κ1) is 14.7. The maximum absolute atomic E-state index is 11.8. The summed E-state index contributed by atoms with van der Waals surface area (Å²) in [4.78, 5) is 11.8. The summed E-state index contributed by atoms with van der Waals surface area (Å²) in [7, 11) is 0. The maximum atomic E-state index is 11.8. The quantitative estimate of drug-likeness (QED) is 0.858. The lowest BCUT2D eigenvalue weighted by Gasteiger charge is -2.21. The van der Waals surface area contributed by atoms with E-state index in [1.54, 1.807) is 6.07 Å². The topological polar surface area (TPSA) is 75.4 Å². The highest BCUT2D eigenvalue weighted by Crippen LogP contribution is 2.22. The Bertz CT molecular complexity index is 416. The van der Waals surface area contributed by atoms with E-state index in [-0.39, 0.29) is 29.0 Å². The fourth-order valence-electron chi connectivity index (χ4n) is 1.20. The Labute approximate surface area is 108 Å². The second-order valence-corrected chi connectivity index (χ2v) is 6.33. The first-order chi connectivity index (χ1) is 8.15. The van der Waals surface area contributed by atoms with E-state index in [4.69, 9.17) is 9.63 Å². The Hall–Kier alpha value is -1.36. The molecule has 0 aromatic carbocycles. The van der Waals surface area contributed by atoms with Gasteiger partial charge in [0, 0.05) is 30.0 Å². The average Bonchev–Trinajstić information content (AvgIpc) is 2.75. The number of carbonyl (C=O) groups excluding carboxylic acids is 1. The molecule has 1 heterocycles. The monoisotopic (exact) mass is 254 g/mol. The van der Waals surface area contributed by atoms with Crippen LogP contribution in [0.3, 0.4) is 0 Å². The van der Waals surface area contributed by atoms with Crippen molar-refractivity contribution in [2.75, 3.05) is 13.2 Å². The fraction of sp³-hybridized carbons (Fsp3) is 0.692. The van der Waals surface area contributed by atoms with Gasteiger partial charge in [0.1, 0.15) is 5.76 Å². The van der Waals surface area contributed by atoms with E-state index in [1.807, 2.05) is 34.6 Å². The minimum Gasteiger partial charge on any atom is -0.396 e. The maximum Gasteiger partial charge on any atom is 0.273 e. The van der Waals surface area contributed by atoms with Crippen molar-refractivity contribution in [3.05, 3.63) is 17.5 Å². The molecular weight excluding hydrogens is 232 g/mol. The van der Waals surface area contributed by atoms with Gasteiger partial charge in [0.2, 0.25) is 0 Å². The van der Waals surface area contributed by atoms with Crippen molar-refractivity contribution in [3.63, 3.8) is 0 Å². The molecule has 102 valence electrons. The highest BCUT2D eigenvalue weighted by atomic mass is 16.5. The lowest BCUT2D eigenvalue weighted by molar-refractivity contribution is 0.0902. The van der Waals surface area contributed by atoms with Gasteiger partial charge in [-0.2, -0.15) is 0 Å². The Morgan fingerprint density at radius 3 is 2.44 bits per heavy atom. The second-order valence-electron chi connectivity index (χ2n) is 6.33. The molecule has 0 aliphatic rings. The Morgan fingerprint density at radius 2 is 2.00 bits per heavy atom. The van der Waals surface area contributed by atoms with Crippen LogP contribution >= 0.6 is 0 Å². The number of hydrogen-bond donors (Lipinski definition) is 2. The van der Waals surface area contributed by atoms with Crippen molar-refractivity contribution in [2.45, 2.75) is 40.0 Å². The molecule has 18 heavy (non-hydrogen) atoms. The van der Waals surface area contributed by atoms with Crippen molar-refractivity contribution in [1.29, 1.82) is 0 Å². The Kier molecular flexibility index (Phi) is 4.16. The Balaban J connectivity index is 2.66. The van der Waals surface area contributed by atoms with Crippen LogP contribution in [0.15, 0.2) is 10.6 Å². The van der Waals surface area contributed by atoms with Crippen LogP contribution in [-0.4, -0.2) is 29.3 Å². The minimum absolute atomic E-state index is 0.0132. The molecule has 0 saturated carbocycles. The van der Waals surface area contributed by atoms with E-state index in [2.05, 4.69) is 10.5 Å². The third-order valence-corrected chi connectivity index (χ3v) is 2.64. The molecule has 0 spiro atoms. The molecule has 5 heteroatoms. The molecule has 1 aromatic heterocycles.